The molecule has 0 fully saturated rings. The molecule has 0 aliphatic rings. The van der Waals surface area contributed by atoms with Crippen molar-refractivity contribution in [3.05, 3.63) is 29.6 Å². The molecule has 20 heavy (non-hydrogen) atoms. The van der Waals surface area contributed by atoms with E-state index in [1.807, 2.05) is 0 Å². The number of aliphatic hydroxyl groups is 1. The van der Waals surface area contributed by atoms with E-state index in [2.05, 4.69) is 0 Å². The van der Waals surface area contributed by atoms with Crippen LogP contribution in [0.4, 0.5) is 4.39 Å². The van der Waals surface area contributed by atoms with Crippen molar-refractivity contribution in [1.29, 1.82) is 0 Å². The molecular formula is C14H21FO4S. The van der Waals surface area contributed by atoms with Gasteiger partial charge in [0.25, 0.3) is 0 Å². The van der Waals surface area contributed by atoms with E-state index in [1.54, 1.807) is 20.8 Å². The van der Waals surface area contributed by atoms with Gasteiger partial charge in [-0.3, -0.25) is 0 Å². The van der Waals surface area contributed by atoms with Crippen LogP contribution in [0.2, 0.25) is 0 Å². The Balaban J connectivity index is 2.66. The molecule has 0 bridgehead atoms. The van der Waals surface area contributed by atoms with Crippen LogP contribution >= 0.6 is 0 Å². The van der Waals surface area contributed by atoms with Crippen LogP contribution in [-0.2, 0) is 9.84 Å². The van der Waals surface area contributed by atoms with Crippen molar-refractivity contribution in [1.82, 2.24) is 0 Å². The summed E-state index contributed by atoms with van der Waals surface area (Å²) in [6.07, 6.45) is -0.898. The van der Waals surface area contributed by atoms with Gasteiger partial charge in [-0.05, 0) is 39.8 Å². The van der Waals surface area contributed by atoms with Gasteiger partial charge in [0.15, 0.2) is 9.84 Å². The molecule has 0 heterocycles. The summed E-state index contributed by atoms with van der Waals surface area (Å²) in [4.78, 5) is 0. The average molecular weight is 304 g/mol. The highest BCUT2D eigenvalue weighted by Crippen LogP contribution is 2.22. The number of halogens is 1. The Morgan fingerprint density at radius 3 is 2.40 bits per heavy atom. The molecule has 114 valence electrons. The van der Waals surface area contributed by atoms with Crippen LogP contribution in [0.15, 0.2) is 18.2 Å². The summed E-state index contributed by atoms with van der Waals surface area (Å²) in [5.74, 6) is -0.455. The molecule has 1 unspecified atom stereocenters. The summed E-state index contributed by atoms with van der Waals surface area (Å²) in [5, 5.41) is 9.31. The van der Waals surface area contributed by atoms with Crippen LogP contribution in [0, 0.1) is 5.82 Å². The maximum atomic E-state index is 13.6. The van der Waals surface area contributed by atoms with Crippen LogP contribution in [0.25, 0.3) is 0 Å². The number of hydrogen-bond acceptors (Lipinski definition) is 4. The van der Waals surface area contributed by atoms with Gasteiger partial charge in [0.2, 0.25) is 0 Å². The average Bonchev–Trinajstić information content (AvgIpc) is 2.26. The third-order valence-electron chi connectivity index (χ3n) is 2.98. The quantitative estimate of drug-likeness (QED) is 0.907. The van der Waals surface area contributed by atoms with Crippen molar-refractivity contribution < 1.29 is 22.7 Å². The maximum Gasteiger partial charge on any atom is 0.158 e. The molecular weight excluding hydrogens is 283 g/mol. The summed E-state index contributed by atoms with van der Waals surface area (Å²) in [6.45, 7) is 6.31. The molecule has 0 spiro atoms. The fourth-order valence-electron chi connectivity index (χ4n) is 1.51. The normalized spacial score (nSPS) is 14.1. The zero-order valence-corrected chi connectivity index (χ0v) is 13.0. The summed E-state index contributed by atoms with van der Waals surface area (Å²) in [7, 11) is -3.26. The Hall–Kier alpha value is -1.14. The van der Waals surface area contributed by atoms with Crippen LogP contribution in [0.1, 0.15) is 39.4 Å². The van der Waals surface area contributed by atoms with Gasteiger partial charge < -0.3 is 9.84 Å². The van der Waals surface area contributed by atoms with Gasteiger partial charge in [-0.1, -0.05) is 0 Å². The molecule has 1 atom stereocenters. The number of aliphatic hydroxyl groups excluding tert-OH is 1. The third-order valence-corrected chi connectivity index (χ3v) is 5.55. The number of rotatable bonds is 5. The lowest BCUT2D eigenvalue weighted by Crippen LogP contribution is -2.32. The van der Waals surface area contributed by atoms with E-state index in [0.29, 0.717) is 0 Å². The van der Waals surface area contributed by atoms with Gasteiger partial charge in [0.1, 0.15) is 18.2 Å². The Kier molecular flexibility index (Phi) is 5.15. The van der Waals surface area contributed by atoms with Crippen molar-refractivity contribution in [3.8, 4) is 5.75 Å². The summed E-state index contributed by atoms with van der Waals surface area (Å²) >= 11 is 0. The minimum Gasteiger partial charge on any atom is -0.492 e. The lowest BCUT2D eigenvalue weighted by Gasteiger charge is -2.19. The Bertz CT molecular complexity index is 559. The fraction of sp³-hybridized carbons (Fsp3) is 0.571. The van der Waals surface area contributed by atoms with Crippen LogP contribution in [0.3, 0.4) is 0 Å². The second-order valence-electron chi connectivity index (χ2n) is 5.64. The minimum absolute atomic E-state index is 0.0347. The molecule has 0 aromatic heterocycles. The minimum atomic E-state index is -3.26. The van der Waals surface area contributed by atoms with Gasteiger partial charge in [0.05, 0.1) is 16.6 Å². The van der Waals surface area contributed by atoms with Crippen molar-refractivity contribution >= 4 is 9.84 Å². The highest BCUT2D eigenvalue weighted by atomic mass is 32.2. The summed E-state index contributed by atoms with van der Waals surface area (Å²) in [5.41, 5.74) is 0.180. The topological polar surface area (TPSA) is 63.6 Å². The molecule has 1 N–H and O–H groups in total. The van der Waals surface area contributed by atoms with Crippen LogP contribution in [0.5, 0.6) is 5.75 Å². The number of benzene rings is 1. The molecule has 0 radical (unpaired) electrons. The smallest absolute Gasteiger partial charge is 0.158 e. The zero-order chi connectivity index (χ0) is 15.6. The maximum absolute atomic E-state index is 13.6. The molecule has 0 aliphatic carbocycles. The molecule has 0 saturated heterocycles. The van der Waals surface area contributed by atoms with Gasteiger partial charge in [-0.25, -0.2) is 12.8 Å². The summed E-state index contributed by atoms with van der Waals surface area (Å²) in [6, 6.07) is 4.08. The molecule has 0 amide bonds. The Morgan fingerprint density at radius 1 is 1.35 bits per heavy atom. The van der Waals surface area contributed by atoms with E-state index in [4.69, 9.17) is 4.74 Å². The molecule has 1 aromatic carbocycles. The number of hydrogen-bond donors (Lipinski definition) is 1. The predicted molar refractivity (Wildman–Crippen MR) is 76.1 cm³/mol. The van der Waals surface area contributed by atoms with E-state index in [-0.39, 0.29) is 23.7 Å². The lowest BCUT2D eigenvalue weighted by molar-refractivity contribution is 0.194. The molecule has 0 aliphatic heterocycles. The molecule has 0 saturated carbocycles. The first-order chi connectivity index (χ1) is 9.04. The molecule has 1 aromatic rings. The second kappa shape index (κ2) is 6.10. The first kappa shape index (κ1) is 16.9. The van der Waals surface area contributed by atoms with Crippen molar-refractivity contribution in [2.75, 3.05) is 12.4 Å². The van der Waals surface area contributed by atoms with Crippen LogP contribution in [-0.4, -0.2) is 30.6 Å². The highest BCUT2D eigenvalue weighted by Gasteiger charge is 2.28. The standard InChI is InChI=1S/C14H21FO4S/c1-10(16)12-6-5-11(9-13(12)15)19-7-8-20(17,18)14(2,3)4/h5-6,9-10,16H,7-8H2,1-4H3. The van der Waals surface area contributed by atoms with Gasteiger partial charge in [-0.15, -0.1) is 0 Å². The fourth-order valence-corrected chi connectivity index (χ4v) is 2.43. The van der Waals surface area contributed by atoms with Crippen molar-refractivity contribution in [2.45, 2.75) is 38.5 Å². The van der Waals surface area contributed by atoms with Crippen LogP contribution < -0.4 is 4.74 Å². The van der Waals surface area contributed by atoms with Gasteiger partial charge >= 0.3 is 0 Å². The number of sulfone groups is 1. The Morgan fingerprint density at radius 2 is 1.95 bits per heavy atom. The van der Waals surface area contributed by atoms with E-state index in [0.717, 1.165) is 6.07 Å². The third kappa shape index (κ3) is 4.18. The zero-order valence-electron chi connectivity index (χ0n) is 12.2. The lowest BCUT2D eigenvalue weighted by atomic mass is 10.1. The number of ether oxygens (including phenoxy) is 1. The molecule has 4 nitrogen and oxygen atoms in total. The van der Waals surface area contributed by atoms with E-state index in [1.165, 1.54) is 19.1 Å². The van der Waals surface area contributed by atoms with E-state index >= 15 is 0 Å². The predicted octanol–water partition coefficient (Wildman–Crippen LogP) is 2.47. The van der Waals surface area contributed by atoms with Gasteiger partial charge in [0, 0.05) is 11.6 Å². The molecule has 6 heteroatoms. The van der Waals surface area contributed by atoms with Crippen molar-refractivity contribution in [2.24, 2.45) is 0 Å². The van der Waals surface area contributed by atoms with Gasteiger partial charge in [-0.2, -0.15) is 0 Å². The monoisotopic (exact) mass is 304 g/mol. The molecule has 1 rings (SSSR count). The first-order valence-corrected chi connectivity index (χ1v) is 8.02. The van der Waals surface area contributed by atoms with E-state index < -0.39 is 26.5 Å². The summed E-state index contributed by atoms with van der Waals surface area (Å²) < 4.78 is 41.7. The van der Waals surface area contributed by atoms with E-state index in [9.17, 15) is 17.9 Å². The van der Waals surface area contributed by atoms with Crippen molar-refractivity contribution in [3.63, 3.8) is 0 Å². The second-order valence-corrected chi connectivity index (χ2v) is 8.50. The first-order valence-electron chi connectivity index (χ1n) is 6.37. The largest absolute Gasteiger partial charge is 0.492 e. The highest BCUT2D eigenvalue weighted by molar-refractivity contribution is 7.92. The Labute approximate surface area is 119 Å². The SMILES string of the molecule is CC(O)c1ccc(OCCS(=O)(=O)C(C)(C)C)cc1F.